The Morgan fingerprint density at radius 1 is 1.29 bits per heavy atom. The fourth-order valence-corrected chi connectivity index (χ4v) is 3.11. The Kier molecular flexibility index (Phi) is 3.59. The van der Waals surface area contributed by atoms with Crippen molar-refractivity contribution in [3.8, 4) is 11.3 Å². The van der Waals surface area contributed by atoms with Gasteiger partial charge in [0.05, 0.1) is 11.1 Å². The highest BCUT2D eigenvalue weighted by Gasteiger charge is 2.32. The zero-order chi connectivity index (χ0) is 16.7. The number of hydrogen-bond donors (Lipinski definition) is 1. The molecule has 0 spiro atoms. The Balaban J connectivity index is 1.68. The zero-order valence-electron chi connectivity index (χ0n) is 12.1. The highest BCUT2D eigenvalue weighted by molar-refractivity contribution is 8.25. The van der Waals surface area contributed by atoms with Crippen molar-refractivity contribution in [3.05, 3.63) is 52.8 Å². The molecule has 0 aliphatic carbocycles. The number of carbonyl (C=O) groups is 1. The first-order valence-electron chi connectivity index (χ1n) is 6.90. The van der Waals surface area contributed by atoms with Crippen molar-refractivity contribution in [1.29, 1.82) is 5.41 Å². The molecule has 1 N–H and O–H groups in total. The number of furan rings is 1. The standard InChI is InChI=1S/C16H9ClN4O2S/c17-10-3-1-2-9(6-10)13-5-4-11(23-13)7-12-14(18)21-16(20-15(12)22)24-8-19-21/h1-8,18H/b12-7-,18-14?. The lowest BCUT2D eigenvalue weighted by Crippen LogP contribution is -2.35. The van der Waals surface area contributed by atoms with Crippen LogP contribution in [0, 0.1) is 5.41 Å². The van der Waals surface area contributed by atoms with Gasteiger partial charge in [-0.1, -0.05) is 23.7 Å². The Hall–Kier alpha value is -2.64. The van der Waals surface area contributed by atoms with Crippen LogP contribution in [-0.2, 0) is 4.79 Å². The van der Waals surface area contributed by atoms with E-state index in [1.807, 2.05) is 12.1 Å². The van der Waals surface area contributed by atoms with Crippen molar-refractivity contribution < 1.29 is 9.21 Å². The summed E-state index contributed by atoms with van der Waals surface area (Å²) in [6.07, 6.45) is 1.50. The average molecular weight is 357 g/mol. The second kappa shape index (κ2) is 5.77. The largest absolute Gasteiger partial charge is 0.457 e. The van der Waals surface area contributed by atoms with Crippen molar-refractivity contribution in [1.82, 2.24) is 5.01 Å². The molecule has 1 amide bonds. The Labute approximate surface area is 146 Å². The molecular weight excluding hydrogens is 348 g/mol. The number of rotatable bonds is 2. The molecule has 0 saturated heterocycles. The second-order valence-corrected chi connectivity index (χ2v) is 6.22. The number of halogens is 1. The second-order valence-electron chi connectivity index (χ2n) is 4.97. The Bertz CT molecular complexity index is 960. The molecule has 1 aromatic heterocycles. The van der Waals surface area contributed by atoms with Gasteiger partial charge in [-0.2, -0.15) is 15.1 Å². The lowest BCUT2D eigenvalue weighted by Gasteiger charge is -2.19. The van der Waals surface area contributed by atoms with Crippen LogP contribution in [0.4, 0.5) is 0 Å². The number of benzene rings is 1. The molecule has 24 heavy (non-hydrogen) atoms. The van der Waals surface area contributed by atoms with Gasteiger partial charge in [0.25, 0.3) is 5.91 Å². The van der Waals surface area contributed by atoms with Crippen molar-refractivity contribution in [2.24, 2.45) is 10.1 Å². The lowest BCUT2D eigenvalue weighted by atomic mass is 10.1. The number of amides is 1. The van der Waals surface area contributed by atoms with E-state index in [0.29, 0.717) is 21.7 Å². The van der Waals surface area contributed by atoms with E-state index < -0.39 is 5.91 Å². The van der Waals surface area contributed by atoms with Crippen LogP contribution in [0.25, 0.3) is 17.4 Å². The molecular formula is C16H9ClN4O2S. The monoisotopic (exact) mass is 356 g/mol. The highest BCUT2D eigenvalue weighted by atomic mass is 35.5. The Morgan fingerprint density at radius 2 is 2.17 bits per heavy atom. The van der Waals surface area contributed by atoms with Crippen molar-refractivity contribution in [3.63, 3.8) is 0 Å². The Morgan fingerprint density at radius 3 is 3.00 bits per heavy atom. The number of aliphatic imine (C=N–C) groups is 1. The van der Waals surface area contributed by atoms with Gasteiger partial charge in [-0.15, -0.1) is 0 Å². The molecule has 3 heterocycles. The summed E-state index contributed by atoms with van der Waals surface area (Å²) in [4.78, 5) is 16.0. The number of fused-ring (bicyclic) bond motifs is 1. The first-order valence-corrected chi connectivity index (χ1v) is 8.16. The van der Waals surface area contributed by atoms with Gasteiger partial charge in [-0.05, 0) is 42.1 Å². The molecule has 0 unspecified atom stereocenters. The van der Waals surface area contributed by atoms with Crippen LogP contribution in [0.15, 0.2) is 56.5 Å². The maximum atomic E-state index is 12.1. The molecule has 2 aromatic rings. The van der Waals surface area contributed by atoms with E-state index in [-0.39, 0.29) is 11.4 Å². The third kappa shape index (κ3) is 2.57. The van der Waals surface area contributed by atoms with Gasteiger partial charge < -0.3 is 4.42 Å². The maximum Gasteiger partial charge on any atom is 0.283 e. The molecule has 0 fully saturated rings. The van der Waals surface area contributed by atoms with Gasteiger partial charge in [0, 0.05) is 10.6 Å². The van der Waals surface area contributed by atoms with Crippen LogP contribution >= 0.6 is 23.4 Å². The molecule has 1 aromatic carbocycles. The summed E-state index contributed by atoms with van der Waals surface area (Å²) in [5.41, 5.74) is 2.50. The molecule has 8 heteroatoms. The topological polar surface area (TPSA) is 82.0 Å². The predicted molar refractivity (Wildman–Crippen MR) is 95.2 cm³/mol. The number of nitrogens with zero attached hydrogens (tertiary/aromatic N) is 3. The normalized spacial score (nSPS) is 18.3. The van der Waals surface area contributed by atoms with Crippen LogP contribution in [0.3, 0.4) is 0 Å². The van der Waals surface area contributed by atoms with Crippen LogP contribution in [0.1, 0.15) is 5.76 Å². The van der Waals surface area contributed by atoms with Gasteiger partial charge in [0.2, 0.25) is 0 Å². The maximum absolute atomic E-state index is 12.1. The first kappa shape index (κ1) is 14.9. The quantitative estimate of drug-likeness (QED) is 0.828. The van der Waals surface area contributed by atoms with Crippen molar-refractivity contribution >= 4 is 51.9 Å². The number of thioether (sulfide) groups is 1. The zero-order valence-corrected chi connectivity index (χ0v) is 13.6. The molecule has 2 aliphatic rings. The summed E-state index contributed by atoms with van der Waals surface area (Å²) < 4.78 is 5.74. The van der Waals surface area contributed by atoms with Crippen LogP contribution in [-0.4, -0.2) is 27.5 Å². The van der Waals surface area contributed by atoms with E-state index in [1.165, 1.54) is 28.4 Å². The molecule has 0 atom stereocenters. The summed E-state index contributed by atoms with van der Waals surface area (Å²) in [5.74, 6) is 0.572. The number of hydrazone groups is 1. The van der Waals surface area contributed by atoms with Gasteiger partial charge in [-0.3, -0.25) is 10.2 Å². The molecule has 0 bridgehead atoms. The summed E-state index contributed by atoms with van der Waals surface area (Å²) in [5, 5.41) is 14.4. The minimum Gasteiger partial charge on any atom is -0.457 e. The van der Waals surface area contributed by atoms with Crippen molar-refractivity contribution in [2.45, 2.75) is 0 Å². The number of hydrogen-bond acceptors (Lipinski definition) is 5. The minimum atomic E-state index is -0.482. The predicted octanol–water partition coefficient (Wildman–Crippen LogP) is 3.85. The smallest absolute Gasteiger partial charge is 0.283 e. The number of nitrogens with one attached hydrogen (secondary N) is 1. The molecule has 6 nitrogen and oxygen atoms in total. The van der Waals surface area contributed by atoms with Gasteiger partial charge in [0.1, 0.15) is 11.5 Å². The van der Waals surface area contributed by atoms with Gasteiger partial charge in [-0.25, -0.2) is 0 Å². The van der Waals surface area contributed by atoms with Gasteiger partial charge in [0.15, 0.2) is 11.0 Å². The van der Waals surface area contributed by atoms with E-state index in [9.17, 15) is 4.79 Å². The molecule has 0 radical (unpaired) electrons. The van der Waals surface area contributed by atoms with Crippen LogP contribution < -0.4 is 0 Å². The fraction of sp³-hybridized carbons (Fsp3) is 0. The third-order valence-corrected chi connectivity index (χ3v) is 4.33. The summed E-state index contributed by atoms with van der Waals surface area (Å²) >= 11 is 7.19. The average Bonchev–Trinajstić information content (AvgIpc) is 3.20. The van der Waals surface area contributed by atoms with E-state index in [1.54, 1.807) is 24.3 Å². The highest BCUT2D eigenvalue weighted by Crippen LogP contribution is 2.28. The number of amidine groups is 2. The molecule has 118 valence electrons. The fourth-order valence-electron chi connectivity index (χ4n) is 2.31. The van der Waals surface area contributed by atoms with E-state index in [2.05, 4.69) is 10.1 Å². The molecule has 2 aliphatic heterocycles. The molecule has 4 rings (SSSR count). The van der Waals surface area contributed by atoms with Crippen molar-refractivity contribution in [2.75, 3.05) is 0 Å². The summed E-state index contributed by atoms with van der Waals surface area (Å²) in [6, 6.07) is 10.8. The van der Waals surface area contributed by atoms with E-state index >= 15 is 0 Å². The van der Waals surface area contributed by atoms with E-state index in [4.69, 9.17) is 21.4 Å². The van der Waals surface area contributed by atoms with Gasteiger partial charge >= 0.3 is 0 Å². The number of carbonyl (C=O) groups excluding carboxylic acids is 1. The lowest BCUT2D eigenvalue weighted by molar-refractivity contribution is -0.114. The SMILES string of the molecule is N=C1/C(=C/c2ccc(-c3cccc(Cl)c3)o2)C(=O)N=C2SC=NN12. The molecule has 0 saturated carbocycles. The minimum absolute atomic E-state index is 0.0213. The third-order valence-electron chi connectivity index (χ3n) is 3.42. The first-order chi connectivity index (χ1) is 11.6. The summed E-state index contributed by atoms with van der Waals surface area (Å²) in [7, 11) is 0. The van der Waals surface area contributed by atoms with Crippen LogP contribution in [0.2, 0.25) is 5.02 Å². The summed E-state index contributed by atoms with van der Waals surface area (Å²) in [6.45, 7) is 0. The van der Waals surface area contributed by atoms with E-state index in [0.717, 1.165) is 5.56 Å². The van der Waals surface area contributed by atoms with Crippen LogP contribution in [0.5, 0.6) is 0 Å².